The smallest absolute Gasteiger partial charge is 0.255 e. The Morgan fingerprint density at radius 2 is 1.68 bits per heavy atom. The first-order valence-electron chi connectivity index (χ1n) is 9.71. The monoisotopic (exact) mass is 418 g/mol. The molecule has 0 spiro atoms. The number of rotatable bonds is 7. The van der Waals surface area contributed by atoms with Gasteiger partial charge in [0.1, 0.15) is 17.3 Å². The lowest BCUT2D eigenvalue weighted by atomic mass is 9.81. The van der Waals surface area contributed by atoms with Gasteiger partial charge in [-0.2, -0.15) is 0 Å². The van der Waals surface area contributed by atoms with Gasteiger partial charge in [-0.05, 0) is 72.8 Å². The maximum absolute atomic E-state index is 13.4. The molecule has 1 unspecified atom stereocenters. The second-order valence-electron chi connectivity index (χ2n) is 7.06. The summed E-state index contributed by atoms with van der Waals surface area (Å²) < 4.78 is 15.7. The minimum absolute atomic E-state index is 0.0399. The minimum atomic E-state index is -1.20. The van der Waals surface area contributed by atoms with Crippen LogP contribution in [0.1, 0.15) is 12.2 Å². The molecule has 0 radical (unpaired) electrons. The van der Waals surface area contributed by atoms with Crippen LogP contribution >= 0.6 is 0 Å². The second kappa shape index (κ2) is 8.39. The molecule has 2 aromatic carbocycles. The van der Waals surface area contributed by atoms with E-state index >= 15 is 0 Å². The number of carbonyl (C=O) groups is 2. The van der Waals surface area contributed by atoms with Gasteiger partial charge >= 0.3 is 0 Å². The molecule has 1 aliphatic heterocycles. The fourth-order valence-corrected chi connectivity index (χ4v) is 3.54. The minimum Gasteiger partial charge on any atom is -0.497 e. The van der Waals surface area contributed by atoms with Crippen LogP contribution in [-0.2, 0) is 9.59 Å². The average molecular weight is 418 g/mol. The predicted molar refractivity (Wildman–Crippen MR) is 117 cm³/mol. The Morgan fingerprint density at radius 3 is 2.23 bits per heavy atom. The number of nitrogens with one attached hydrogen (secondary N) is 1. The Hall–Kier alpha value is -4.00. The third-order valence-electron chi connectivity index (χ3n) is 5.21. The van der Waals surface area contributed by atoms with E-state index in [2.05, 4.69) is 5.32 Å². The fourth-order valence-electron chi connectivity index (χ4n) is 3.54. The van der Waals surface area contributed by atoms with E-state index in [-0.39, 0.29) is 18.2 Å². The predicted octanol–water partition coefficient (Wildman–Crippen LogP) is 4.12. The number of furan rings is 1. The van der Waals surface area contributed by atoms with Crippen LogP contribution in [0, 0.1) is 0 Å². The van der Waals surface area contributed by atoms with Crippen LogP contribution in [0.15, 0.2) is 77.4 Å². The summed E-state index contributed by atoms with van der Waals surface area (Å²) in [4.78, 5) is 27.6. The van der Waals surface area contributed by atoms with E-state index in [1.54, 1.807) is 93.3 Å². The van der Waals surface area contributed by atoms with Crippen molar-refractivity contribution in [1.29, 1.82) is 0 Å². The summed E-state index contributed by atoms with van der Waals surface area (Å²) in [5.41, 5.74) is 0.00917. The summed E-state index contributed by atoms with van der Waals surface area (Å²) in [5, 5.41) is 2.91. The molecule has 7 heteroatoms. The van der Waals surface area contributed by atoms with Crippen molar-refractivity contribution in [3.05, 3.63) is 78.8 Å². The van der Waals surface area contributed by atoms with Crippen molar-refractivity contribution in [1.82, 2.24) is 0 Å². The van der Waals surface area contributed by atoms with Gasteiger partial charge in [-0.3, -0.25) is 14.5 Å². The normalized spacial score (nSPS) is 18.0. The van der Waals surface area contributed by atoms with Gasteiger partial charge in [-0.25, -0.2) is 0 Å². The van der Waals surface area contributed by atoms with Crippen LogP contribution in [-0.4, -0.2) is 31.6 Å². The van der Waals surface area contributed by atoms with Gasteiger partial charge in [0.15, 0.2) is 5.54 Å². The molecule has 0 aliphatic carbocycles. The molecule has 1 saturated heterocycles. The lowest BCUT2D eigenvalue weighted by molar-refractivity contribution is -0.134. The van der Waals surface area contributed by atoms with Crippen molar-refractivity contribution in [2.45, 2.75) is 12.0 Å². The van der Waals surface area contributed by atoms with Crippen LogP contribution in [0.5, 0.6) is 11.5 Å². The number of nitrogens with zero attached hydrogens (tertiary/aromatic N) is 1. The molecule has 1 N–H and O–H groups in total. The molecule has 1 aromatic heterocycles. The molecule has 158 valence electrons. The highest BCUT2D eigenvalue weighted by molar-refractivity contribution is 6.18. The van der Waals surface area contributed by atoms with Gasteiger partial charge in [0.25, 0.3) is 5.91 Å². The van der Waals surface area contributed by atoms with Crippen LogP contribution in [0.3, 0.4) is 0 Å². The third-order valence-corrected chi connectivity index (χ3v) is 5.21. The van der Waals surface area contributed by atoms with E-state index in [4.69, 9.17) is 13.9 Å². The zero-order valence-corrected chi connectivity index (χ0v) is 17.2. The highest BCUT2D eigenvalue weighted by atomic mass is 16.5. The molecule has 31 heavy (non-hydrogen) atoms. The van der Waals surface area contributed by atoms with E-state index < -0.39 is 5.54 Å². The Labute approximate surface area is 179 Å². The number of anilines is 2. The number of methoxy groups -OCH3 is 2. The maximum Gasteiger partial charge on any atom is 0.255 e. The quantitative estimate of drug-likeness (QED) is 0.584. The van der Waals surface area contributed by atoms with E-state index in [9.17, 15) is 9.59 Å². The molecule has 2 amide bonds. The molecule has 1 atom stereocenters. The van der Waals surface area contributed by atoms with Crippen LogP contribution in [0.25, 0.3) is 6.08 Å². The lowest BCUT2D eigenvalue weighted by Gasteiger charge is -2.48. The van der Waals surface area contributed by atoms with Crippen LogP contribution in [0.2, 0.25) is 0 Å². The van der Waals surface area contributed by atoms with Crippen molar-refractivity contribution in [2.75, 3.05) is 24.4 Å². The summed E-state index contributed by atoms with van der Waals surface area (Å²) in [7, 11) is 3.15. The summed E-state index contributed by atoms with van der Waals surface area (Å²) >= 11 is 0. The standard InChI is InChI=1S/C24H22N2O5/c1-29-19-9-5-17(6-10-19)25-23(28)24(14-13-21-4-3-15-31-21)16-22(27)26(24)18-7-11-20(30-2)12-8-18/h3-15H,16H2,1-2H3,(H,25,28). The zero-order chi connectivity index (χ0) is 21.8. The number of carbonyl (C=O) groups excluding carboxylic acids is 2. The molecular weight excluding hydrogens is 396 g/mol. The second-order valence-corrected chi connectivity index (χ2v) is 7.06. The lowest BCUT2D eigenvalue weighted by Crippen LogP contribution is -2.68. The molecule has 7 nitrogen and oxygen atoms in total. The number of β-lactam (4-membered cyclic amide) rings is 1. The molecular formula is C24H22N2O5. The van der Waals surface area contributed by atoms with Crippen molar-refractivity contribution in [3.8, 4) is 11.5 Å². The van der Waals surface area contributed by atoms with Gasteiger partial charge < -0.3 is 19.2 Å². The van der Waals surface area contributed by atoms with E-state index in [1.807, 2.05) is 0 Å². The van der Waals surface area contributed by atoms with Crippen molar-refractivity contribution in [2.24, 2.45) is 0 Å². The van der Waals surface area contributed by atoms with E-state index in [0.29, 0.717) is 28.6 Å². The first-order chi connectivity index (χ1) is 15.1. The number of benzene rings is 2. The highest BCUT2D eigenvalue weighted by Gasteiger charge is 2.55. The van der Waals surface area contributed by atoms with Crippen LogP contribution < -0.4 is 19.7 Å². The number of hydrogen-bond donors (Lipinski definition) is 1. The molecule has 1 fully saturated rings. The zero-order valence-electron chi connectivity index (χ0n) is 17.2. The Bertz CT molecular complexity index is 1090. The highest BCUT2D eigenvalue weighted by Crippen LogP contribution is 2.40. The van der Waals surface area contributed by atoms with Crippen molar-refractivity contribution < 1.29 is 23.5 Å². The molecule has 0 bridgehead atoms. The molecule has 4 rings (SSSR count). The Morgan fingerprint density at radius 1 is 1.03 bits per heavy atom. The first-order valence-corrected chi connectivity index (χ1v) is 9.71. The summed E-state index contributed by atoms with van der Waals surface area (Å²) in [6, 6.07) is 17.6. The van der Waals surface area contributed by atoms with E-state index in [0.717, 1.165) is 0 Å². The van der Waals surface area contributed by atoms with Gasteiger partial charge in [0, 0.05) is 11.4 Å². The molecule has 3 aromatic rings. The molecule has 1 aliphatic rings. The number of ether oxygens (including phenoxy) is 2. The summed E-state index contributed by atoms with van der Waals surface area (Å²) in [5.74, 6) is 1.46. The van der Waals surface area contributed by atoms with Crippen LogP contribution in [0.4, 0.5) is 11.4 Å². The van der Waals surface area contributed by atoms with Crippen molar-refractivity contribution in [3.63, 3.8) is 0 Å². The van der Waals surface area contributed by atoms with Gasteiger partial charge in [0.05, 0.1) is 26.9 Å². The topological polar surface area (TPSA) is 81.0 Å². The van der Waals surface area contributed by atoms with E-state index in [1.165, 1.54) is 4.90 Å². The summed E-state index contributed by atoms with van der Waals surface area (Å²) in [6.45, 7) is 0. The van der Waals surface area contributed by atoms with Gasteiger partial charge in [-0.1, -0.05) is 0 Å². The van der Waals surface area contributed by atoms with Gasteiger partial charge in [-0.15, -0.1) is 0 Å². The average Bonchev–Trinajstić information content (AvgIpc) is 3.31. The Balaban J connectivity index is 1.68. The number of hydrogen-bond acceptors (Lipinski definition) is 5. The summed E-state index contributed by atoms with van der Waals surface area (Å²) in [6.07, 6.45) is 5.00. The fraction of sp³-hybridized carbons (Fsp3) is 0.167. The molecule has 2 heterocycles. The number of amides is 2. The SMILES string of the molecule is COc1ccc(NC(=O)C2(C=Cc3ccco3)CC(=O)N2c2ccc(OC)cc2)cc1. The largest absolute Gasteiger partial charge is 0.497 e. The maximum atomic E-state index is 13.4. The third kappa shape index (κ3) is 3.90. The first kappa shape index (κ1) is 20.3. The molecule has 0 saturated carbocycles. The van der Waals surface area contributed by atoms with Crippen molar-refractivity contribution >= 4 is 29.3 Å². The Kier molecular flexibility index (Phi) is 5.49. The van der Waals surface area contributed by atoms with Gasteiger partial charge in [0.2, 0.25) is 5.91 Å².